The first-order valence-corrected chi connectivity index (χ1v) is 10.6. The second-order valence-electron chi connectivity index (χ2n) is 7.40. The zero-order valence-electron chi connectivity index (χ0n) is 16.1. The van der Waals surface area contributed by atoms with Crippen LogP contribution in [-0.4, -0.2) is 26.4 Å². The maximum atomic E-state index is 12.4. The molecule has 3 aromatic rings. The lowest BCUT2D eigenvalue weighted by Gasteiger charge is -2.10. The number of hydrogen-bond acceptors (Lipinski definition) is 4. The van der Waals surface area contributed by atoms with Crippen molar-refractivity contribution in [2.24, 2.45) is 0 Å². The molecule has 1 aromatic heterocycles. The zero-order chi connectivity index (χ0) is 19.5. The van der Waals surface area contributed by atoms with Gasteiger partial charge in [-0.1, -0.05) is 55.9 Å². The standard InChI is InChI=1S/C22H24N4OS/c1-15(2)16-10-12-18(13-11-16)23-20(27)14-28-22-25-24-21(17-8-9-17)26(22)19-6-4-3-5-7-19/h3-7,10-13,15,17H,8-9,14H2,1-2H3,(H,23,27). The molecule has 1 aliphatic carbocycles. The lowest BCUT2D eigenvalue weighted by molar-refractivity contribution is -0.113. The Morgan fingerprint density at radius 3 is 2.46 bits per heavy atom. The highest BCUT2D eigenvalue weighted by atomic mass is 32.2. The van der Waals surface area contributed by atoms with E-state index in [1.807, 2.05) is 30.3 Å². The third kappa shape index (κ3) is 4.28. The molecule has 4 rings (SSSR count). The molecule has 2 aromatic carbocycles. The molecule has 5 nitrogen and oxygen atoms in total. The van der Waals surface area contributed by atoms with Crippen LogP contribution < -0.4 is 5.32 Å². The molecule has 1 amide bonds. The number of hydrogen-bond donors (Lipinski definition) is 1. The Bertz CT molecular complexity index is 946. The molecule has 1 heterocycles. The normalized spacial score (nSPS) is 13.7. The van der Waals surface area contributed by atoms with Crippen LogP contribution in [0.2, 0.25) is 0 Å². The number of para-hydroxylation sites is 1. The monoisotopic (exact) mass is 392 g/mol. The second kappa shape index (κ2) is 8.19. The number of anilines is 1. The van der Waals surface area contributed by atoms with E-state index in [2.05, 4.69) is 58.2 Å². The zero-order valence-corrected chi connectivity index (χ0v) is 16.9. The fraction of sp³-hybridized carbons (Fsp3) is 0.318. The Balaban J connectivity index is 1.44. The summed E-state index contributed by atoms with van der Waals surface area (Å²) < 4.78 is 2.09. The minimum atomic E-state index is -0.0436. The van der Waals surface area contributed by atoms with Crippen LogP contribution in [0.4, 0.5) is 5.69 Å². The van der Waals surface area contributed by atoms with Crippen molar-refractivity contribution < 1.29 is 4.79 Å². The van der Waals surface area contributed by atoms with Crippen molar-refractivity contribution in [3.8, 4) is 5.69 Å². The van der Waals surface area contributed by atoms with E-state index in [-0.39, 0.29) is 5.91 Å². The molecule has 0 aliphatic heterocycles. The largest absolute Gasteiger partial charge is 0.325 e. The molecule has 144 valence electrons. The van der Waals surface area contributed by atoms with E-state index in [4.69, 9.17) is 0 Å². The van der Waals surface area contributed by atoms with Gasteiger partial charge in [-0.05, 0) is 48.6 Å². The highest BCUT2D eigenvalue weighted by molar-refractivity contribution is 7.99. The van der Waals surface area contributed by atoms with Crippen LogP contribution in [-0.2, 0) is 4.79 Å². The summed E-state index contributed by atoms with van der Waals surface area (Å²) >= 11 is 1.42. The van der Waals surface area contributed by atoms with Crippen molar-refractivity contribution in [3.05, 3.63) is 66.0 Å². The molecule has 0 bridgehead atoms. The Kier molecular flexibility index (Phi) is 5.48. The van der Waals surface area contributed by atoms with Crippen LogP contribution in [0.25, 0.3) is 5.69 Å². The highest BCUT2D eigenvalue weighted by Crippen LogP contribution is 2.41. The molecule has 0 atom stereocenters. The maximum Gasteiger partial charge on any atom is 0.234 e. The number of aromatic nitrogens is 3. The van der Waals surface area contributed by atoms with Crippen LogP contribution in [0.15, 0.2) is 59.8 Å². The number of benzene rings is 2. The fourth-order valence-electron chi connectivity index (χ4n) is 3.08. The van der Waals surface area contributed by atoms with Gasteiger partial charge in [-0.2, -0.15) is 0 Å². The van der Waals surface area contributed by atoms with E-state index < -0.39 is 0 Å². The van der Waals surface area contributed by atoms with Crippen LogP contribution in [0.3, 0.4) is 0 Å². The van der Waals surface area contributed by atoms with Crippen molar-refractivity contribution in [3.63, 3.8) is 0 Å². The Morgan fingerprint density at radius 1 is 1.11 bits per heavy atom. The van der Waals surface area contributed by atoms with Gasteiger partial charge in [-0.15, -0.1) is 10.2 Å². The molecule has 1 aliphatic rings. The van der Waals surface area contributed by atoms with Gasteiger partial charge in [0.2, 0.25) is 5.91 Å². The predicted octanol–water partition coefficient (Wildman–Crippen LogP) is 5.00. The van der Waals surface area contributed by atoms with Crippen molar-refractivity contribution in [2.75, 3.05) is 11.1 Å². The SMILES string of the molecule is CC(C)c1ccc(NC(=O)CSc2nnc(C3CC3)n2-c2ccccc2)cc1. The van der Waals surface area contributed by atoms with E-state index in [9.17, 15) is 4.79 Å². The summed E-state index contributed by atoms with van der Waals surface area (Å²) in [5, 5.41) is 12.5. The summed E-state index contributed by atoms with van der Waals surface area (Å²) in [6.07, 6.45) is 2.31. The van der Waals surface area contributed by atoms with E-state index in [0.29, 0.717) is 17.6 Å². The first-order valence-electron chi connectivity index (χ1n) is 9.65. The van der Waals surface area contributed by atoms with Gasteiger partial charge in [-0.3, -0.25) is 9.36 Å². The molecular weight excluding hydrogens is 368 g/mol. The number of rotatable bonds is 7. The van der Waals surface area contributed by atoms with Crippen LogP contribution >= 0.6 is 11.8 Å². The molecular formula is C22H24N4OS. The number of nitrogens with zero attached hydrogens (tertiary/aromatic N) is 3. The van der Waals surface area contributed by atoms with E-state index in [1.54, 1.807) is 0 Å². The molecule has 1 N–H and O–H groups in total. The van der Waals surface area contributed by atoms with Crippen LogP contribution in [0.1, 0.15) is 49.9 Å². The maximum absolute atomic E-state index is 12.4. The van der Waals surface area contributed by atoms with Gasteiger partial charge in [0.15, 0.2) is 5.16 Å². The summed E-state index contributed by atoms with van der Waals surface area (Å²) in [5.41, 5.74) is 3.12. The van der Waals surface area contributed by atoms with Crippen LogP contribution in [0, 0.1) is 0 Å². The third-order valence-electron chi connectivity index (χ3n) is 4.81. The molecule has 28 heavy (non-hydrogen) atoms. The first kappa shape index (κ1) is 18.7. The smallest absolute Gasteiger partial charge is 0.234 e. The van der Waals surface area contributed by atoms with E-state index in [0.717, 1.165) is 35.2 Å². The number of nitrogens with one attached hydrogen (secondary N) is 1. The number of amides is 1. The average Bonchev–Trinajstić information content (AvgIpc) is 3.47. The Hall–Kier alpha value is -2.60. The third-order valence-corrected chi connectivity index (χ3v) is 5.74. The summed E-state index contributed by atoms with van der Waals surface area (Å²) in [6.45, 7) is 4.31. The molecule has 0 radical (unpaired) electrons. The van der Waals surface area contributed by atoms with Crippen molar-refractivity contribution >= 4 is 23.4 Å². The Morgan fingerprint density at radius 2 is 1.82 bits per heavy atom. The van der Waals surface area contributed by atoms with Crippen molar-refractivity contribution in [2.45, 2.75) is 43.7 Å². The molecule has 0 saturated heterocycles. The van der Waals surface area contributed by atoms with Crippen molar-refractivity contribution in [1.82, 2.24) is 14.8 Å². The van der Waals surface area contributed by atoms with Gasteiger partial charge in [0.05, 0.1) is 5.75 Å². The first-order chi connectivity index (χ1) is 13.6. The topological polar surface area (TPSA) is 59.8 Å². The minimum absolute atomic E-state index is 0.0436. The predicted molar refractivity (Wildman–Crippen MR) is 113 cm³/mol. The molecule has 0 unspecified atom stereocenters. The summed E-state index contributed by atoms with van der Waals surface area (Å²) in [4.78, 5) is 12.4. The number of carbonyl (C=O) groups is 1. The van der Waals surface area contributed by atoms with Gasteiger partial charge in [-0.25, -0.2) is 0 Å². The lowest BCUT2D eigenvalue weighted by atomic mass is 10.0. The van der Waals surface area contributed by atoms with E-state index >= 15 is 0 Å². The van der Waals surface area contributed by atoms with Gasteiger partial charge in [0, 0.05) is 17.3 Å². The van der Waals surface area contributed by atoms with E-state index in [1.165, 1.54) is 17.3 Å². The van der Waals surface area contributed by atoms with Crippen molar-refractivity contribution in [1.29, 1.82) is 0 Å². The van der Waals surface area contributed by atoms with Gasteiger partial charge >= 0.3 is 0 Å². The lowest BCUT2D eigenvalue weighted by Crippen LogP contribution is -2.14. The number of thioether (sulfide) groups is 1. The van der Waals surface area contributed by atoms with Crippen LogP contribution in [0.5, 0.6) is 0 Å². The van der Waals surface area contributed by atoms with Gasteiger partial charge in [0.25, 0.3) is 0 Å². The fourth-order valence-corrected chi connectivity index (χ4v) is 3.84. The van der Waals surface area contributed by atoms with Gasteiger partial charge < -0.3 is 5.32 Å². The average molecular weight is 393 g/mol. The molecule has 0 spiro atoms. The Labute approximate surface area is 169 Å². The van der Waals surface area contributed by atoms with Gasteiger partial charge in [0.1, 0.15) is 5.82 Å². The highest BCUT2D eigenvalue weighted by Gasteiger charge is 2.31. The summed E-state index contributed by atoms with van der Waals surface area (Å²) in [5.74, 6) is 2.21. The number of carbonyl (C=O) groups excluding carboxylic acids is 1. The molecule has 1 saturated carbocycles. The summed E-state index contributed by atoms with van der Waals surface area (Å²) in [6, 6.07) is 18.1. The molecule has 1 fully saturated rings. The second-order valence-corrected chi connectivity index (χ2v) is 8.34. The summed E-state index contributed by atoms with van der Waals surface area (Å²) in [7, 11) is 0. The quantitative estimate of drug-likeness (QED) is 0.575. The molecule has 6 heteroatoms. The minimum Gasteiger partial charge on any atom is -0.325 e.